The van der Waals surface area contributed by atoms with Crippen molar-refractivity contribution >= 4 is 42.1 Å². The lowest BCUT2D eigenvalue weighted by Gasteiger charge is -2.20. The van der Waals surface area contributed by atoms with Crippen molar-refractivity contribution in [2.24, 2.45) is 0 Å². The maximum atomic E-state index is 11.8. The van der Waals surface area contributed by atoms with Gasteiger partial charge in [-0.05, 0) is 18.5 Å². The fourth-order valence-electron chi connectivity index (χ4n) is 3.05. The summed E-state index contributed by atoms with van der Waals surface area (Å²) in [6, 6.07) is 0. The van der Waals surface area contributed by atoms with E-state index in [4.69, 9.17) is 21.1 Å². The quantitative estimate of drug-likeness (QED) is 0.179. The molecule has 31 heavy (non-hydrogen) atoms. The Labute approximate surface area is 180 Å². The summed E-state index contributed by atoms with van der Waals surface area (Å²) in [5.74, 6) is -3.12. The molecule has 0 aliphatic carbocycles. The third-order valence-electron chi connectivity index (χ3n) is 4.45. The Morgan fingerprint density at radius 3 is 2.71 bits per heavy atom. The van der Waals surface area contributed by atoms with E-state index in [9.17, 15) is 29.4 Å². The molecule has 1 aliphatic heterocycles. The van der Waals surface area contributed by atoms with E-state index in [1.807, 2.05) is 0 Å². The molecule has 1 saturated heterocycles. The van der Waals surface area contributed by atoms with Crippen molar-refractivity contribution in [3.63, 3.8) is 0 Å². The molecule has 5 N–H and O–H groups in total. The third kappa shape index (κ3) is 4.81. The van der Waals surface area contributed by atoms with Crippen molar-refractivity contribution in [2.75, 3.05) is 25.6 Å². The maximum absolute atomic E-state index is 11.8. The van der Waals surface area contributed by atoms with Crippen LogP contribution in [0.5, 0.6) is 0 Å². The predicted octanol–water partition coefficient (Wildman–Crippen LogP) is -0.776. The number of rotatable bonds is 8. The minimum absolute atomic E-state index is 0.0922. The molecule has 1 fully saturated rings. The first-order valence-corrected chi connectivity index (χ1v) is 11.1. The van der Waals surface area contributed by atoms with Crippen LogP contribution in [-0.2, 0) is 23.6 Å². The first-order valence-electron chi connectivity index (χ1n) is 9.01. The van der Waals surface area contributed by atoms with Crippen LogP contribution in [-0.4, -0.2) is 89.9 Å². The van der Waals surface area contributed by atoms with Gasteiger partial charge >= 0.3 is 13.6 Å². The van der Waals surface area contributed by atoms with Crippen molar-refractivity contribution in [3.8, 4) is 0 Å². The van der Waals surface area contributed by atoms with E-state index in [1.165, 1.54) is 17.8 Å². The number of carbonyl (C=O) groups is 1. The second-order valence-electron chi connectivity index (χ2n) is 6.49. The van der Waals surface area contributed by atoms with Crippen LogP contribution in [0.25, 0.3) is 11.2 Å². The van der Waals surface area contributed by atoms with Gasteiger partial charge in [0.05, 0.1) is 19.5 Å². The van der Waals surface area contributed by atoms with Crippen LogP contribution < -0.4 is 5.32 Å². The van der Waals surface area contributed by atoms with Gasteiger partial charge in [-0.2, -0.15) is 9.97 Å². The zero-order valence-electron chi connectivity index (χ0n) is 16.3. The van der Waals surface area contributed by atoms with E-state index < -0.39 is 50.6 Å². The summed E-state index contributed by atoms with van der Waals surface area (Å²) in [7, 11) is -3.41. The van der Waals surface area contributed by atoms with Gasteiger partial charge in [0, 0.05) is 7.05 Å². The molecule has 5 atom stereocenters. The van der Waals surface area contributed by atoms with Crippen molar-refractivity contribution in [1.29, 1.82) is 0 Å². The number of esters is 1. The van der Waals surface area contributed by atoms with Crippen molar-refractivity contribution < 1.29 is 43.6 Å². The van der Waals surface area contributed by atoms with Gasteiger partial charge in [0.15, 0.2) is 23.2 Å². The summed E-state index contributed by atoms with van der Waals surface area (Å²) in [5.41, 5.74) is 0.544. The van der Waals surface area contributed by atoms with Crippen LogP contribution in [0.1, 0.15) is 13.2 Å². The van der Waals surface area contributed by atoms with Crippen molar-refractivity contribution in [1.82, 2.24) is 19.5 Å². The summed E-state index contributed by atoms with van der Waals surface area (Å²) >= 11 is 5.92. The highest BCUT2D eigenvalue weighted by molar-refractivity contribution is 7.53. The van der Waals surface area contributed by atoms with Crippen LogP contribution in [0, 0.1) is 0 Å². The molecule has 2 aromatic heterocycles. The van der Waals surface area contributed by atoms with E-state index in [1.54, 1.807) is 7.05 Å². The Balaban J connectivity index is 1.80. The smallest absolute Gasteiger partial charge is 0.365 e. The zero-order valence-corrected chi connectivity index (χ0v) is 18.0. The molecule has 0 bridgehead atoms. The summed E-state index contributed by atoms with van der Waals surface area (Å²) in [6.07, 6.45) is -4.10. The topological polar surface area (TPSA) is 198 Å². The van der Waals surface area contributed by atoms with E-state index >= 15 is 0 Å². The van der Waals surface area contributed by atoms with Crippen LogP contribution in [0.15, 0.2) is 6.33 Å². The minimum atomic E-state index is -5.01. The minimum Gasteiger partial charge on any atom is -0.464 e. The molecule has 0 spiro atoms. The first-order chi connectivity index (χ1) is 14.6. The largest absolute Gasteiger partial charge is 0.464 e. The molecular weight excluding hydrogens is 461 g/mol. The number of aromatic nitrogens is 4. The summed E-state index contributed by atoms with van der Waals surface area (Å²) in [4.78, 5) is 42.7. The normalized spacial score (nSPS) is 25.0. The van der Waals surface area contributed by atoms with E-state index in [0.29, 0.717) is 11.3 Å². The molecule has 0 saturated carbocycles. The molecular formula is C15H21ClN5O9P. The number of imidazole rings is 1. The number of hydrogen-bond donors (Lipinski definition) is 5. The van der Waals surface area contributed by atoms with Crippen LogP contribution in [0.2, 0.25) is 5.28 Å². The Kier molecular flexibility index (Phi) is 7.13. The van der Waals surface area contributed by atoms with Crippen LogP contribution in [0.3, 0.4) is 0 Å². The molecule has 2 aromatic rings. The van der Waals surface area contributed by atoms with Gasteiger partial charge in [-0.15, -0.1) is 0 Å². The second kappa shape index (κ2) is 9.30. The number of anilines is 1. The number of ether oxygens (including phenoxy) is 3. The fourth-order valence-corrected chi connectivity index (χ4v) is 3.84. The number of aliphatic hydroxyl groups excluding tert-OH is 2. The van der Waals surface area contributed by atoms with E-state index in [2.05, 4.69) is 25.0 Å². The Bertz CT molecular complexity index is 1000. The molecule has 0 radical (unpaired) electrons. The molecule has 3 heterocycles. The lowest BCUT2D eigenvalue weighted by molar-refractivity contribution is -0.155. The zero-order chi connectivity index (χ0) is 22.9. The van der Waals surface area contributed by atoms with Crippen LogP contribution >= 0.6 is 19.2 Å². The van der Waals surface area contributed by atoms with Gasteiger partial charge in [0.25, 0.3) is 5.85 Å². The first kappa shape index (κ1) is 23.8. The molecule has 0 aromatic carbocycles. The Morgan fingerprint density at radius 2 is 2.10 bits per heavy atom. The molecule has 1 aliphatic rings. The molecule has 0 unspecified atom stereocenters. The van der Waals surface area contributed by atoms with Gasteiger partial charge in [0.2, 0.25) is 5.28 Å². The Hall–Kier alpha value is -1.90. The summed E-state index contributed by atoms with van der Waals surface area (Å²) < 4.78 is 28.1. The molecule has 14 nitrogen and oxygen atoms in total. The van der Waals surface area contributed by atoms with E-state index in [-0.39, 0.29) is 17.5 Å². The van der Waals surface area contributed by atoms with Gasteiger partial charge in [0.1, 0.15) is 18.3 Å². The van der Waals surface area contributed by atoms with Gasteiger partial charge < -0.3 is 39.5 Å². The van der Waals surface area contributed by atoms with Gasteiger partial charge in [-0.1, -0.05) is 0 Å². The van der Waals surface area contributed by atoms with Gasteiger partial charge in [-0.3, -0.25) is 9.13 Å². The van der Waals surface area contributed by atoms with Crippen LogP contribution in [0.4, 0.5) is 5.82 Å². The predicted molar refractivity (Wildman–Crippen MR) is 104 cm³/mol. The number of hydrogen-bond acceptors (Lipinski definition) is 11. The van der Waals surface area contributed by atoms with Crippen molar-refractivity contribution in [2.45, 2.75) is 37.3 Å². The number of carbonyl (C=O) groups excluding carboxylic acids is 1. The highest BCUT2D eigenvalue weighted by Crippen LogP contribution is 2.43. The molecule has 3 rings (SSSR count). The maximum Gasteiger partial charge on any atom is 0.365 e. The highest BCUT2D eigenvalue weighted by Gasteiger charge is 2.46. The monoisotopic (exact) mass is 481 g/mol. The number of nitrogens with one attached hydrogen (secondary N) is 1. The van der Waals surface area contributed by atoms with Crippen molar-refractivity contribution in [3.05, 3.63) is 11.6 Å². The fraction of sp³-hybridized carbons (Fsp3) is 0.600. The van der Waals surface area contributed by atoms with E-state index in [0.717, 1.165) is 0 Å². The standard InChI is InChI=1S/C15H21ClN5O9P/c1-3-28-13(24)14(31(25,26)27)29-4-6-8(22)9(23)12(30-6)21-5-18-7-10(17-2)19-15(16)20-11(7)21/h5-6,8-9,12,14,22-23H,3-4H2,1-2H3,(H,17,19,20)(H2,25,26,27)/t6-,8+,9-,12-,14-/m1/s1. The lowest BCUT2D eigenvalue weighted by Crippen LogP contribution is -2.36. The molecule has 0 amide bonds. The second-order valence-corrected chi connectivity index (χ2v) is 8.47. The molecule has 16 heteroatoms. The number of halogens is 1. The van der Waals surface area contributed by atoms with Gasteiger partial charge in [-0.25, -0.2) is 9.78 Å². The summed E-state index contributed by atoms with van der Waals surface area (Å²) in [6.45, 7) is 0.729. The average Bonchev–Trinajstić information content (AvgIpc) is 3.22. The number of fused-ring (bicyclic) bond motifs is 1. The number of aliphatic hydroxyl groups is 2. The summed E-state index contributed by atoms with van der Waals surface area (Å²) in [5, 5.41) is 23.5. The highest BCUT2D eigenvalue weighted by atomic mass is 35.5. The Morgan fingerprint density at radius 1 is 1.39 bits per heavy atom. The average molecular weight is 482 g/mol. The molecule has 172 valence electrons. The lowest BCUT2D eigenvalue weighted by atomic mass is 10.1. The number of nitrogens with zero attached hydrogens (tertiary/aromatic N) is 4. The third-order valence-corrected chi connectivity index (χ3v) is 5.59. The SMILES string of the molecule is CCOC(=O)[C@H](OC[C@H]1O[C@@H](n2cnc3c(NC)nc(Cl)nc32)[C@H](O)[C@H]1O)P(=O)(O)O.